The number of hydrogen-bond donors (Lipinski definition) is 1. The molecule has 24 heavy (non-hydrogen) atoms. The van der Waals surface area contributed by atoms with Gasteiger partial charge >= 0.3 is 0 Å². The molecule has 1 saturated carbocycles. The Morgan fingerprint density at radius 2 is 2.08 bits per heavy atom. The van der Waals surface area contributed by atoms with E-state index in [9.17, 15) is 4.79 Å². The van der Waals surface area contributed by atoms with Crippen LogP contribution >= 0.6 is 0 Å². The van der Waals surface area contributed by atoms with Crippen molar-refractivity contribution < 1.29 is 4.79 Å². The Labute approximate surface area is 139 Å². The number of aryl methyl sites for hydroxylation is 2. The van der Waals surface area contributed by atoms with Gasteiger partial charge < -0.3 is 5.32 Å². The van der Waals surface area contributed by atoms with Gasteiger partial charge in [0.05, 0.1) is 29.7 Å². The summed E-state index contributed by atoms with van der Waals surface area (Å²) in [5.41, 5.74) is 2.97. The molecule has 1 fully saturated rings. The zero-order valence-electron chi connectivity index (χ0n) is 14.0. The molecule has 1 aliphatic rings. The summed E-state index contributed by atoms with van der Waals surface area (Å²) in [5.74, 6) is 1.23. The van der Waals surface area contributed by atoms with E-state index >= 15 is 0 Å². The molecule has 3 heterocycles. The maximum atomic E-state index is 12.8. The van der Waals surface area contributed by atoms with Gasteiger partial charge in [0.1, 0.15) is 5.82 Å². The summed E-state index contributed by atoms with van der Waals surface area (Å²) >= 11 is 0. The number of carbonyl (C=O) groups excluding carboxylic acids is 1. The van der Waals surface area contributed by atoms with E-state index in [0.717, 1.165) is 22.7 Å². The van der Waals surface area contributed by atoms with Crippen molar-refractivity contribution in [1.82, 2.24) is 24.4 Å². The van der Waals surface area contributed by atoms with Crippen LogP contribution in [0, 0.1) is 19.8 Å². The third kappa shape index (κ3) is 2.36. The normalized spacial score (nSPS) is 15.6. The largest absolute Gasteiger partial charge is 0.306 e. The van der Waals surface area contributed by atoms with Crippen LogP contribution in [0.25, 0.3) is 5.65 Å². The summed E-state index contributed by atoms with van der Waals surface area (Å²) in [7, 11) is 0. The summed E-state index contributed by atoms with van der Waals surface area (Å²) in [6, 6.07) is 2.10. The lowest BCUT2D eigenvalue weighted by molar-refractivity contribution is 0.102. The highest BCUT2D eigenvalue weighted by molar-refractivity contribution is 6.04. The van der Waals surface area contributed by atoms with Gasteiger partial charge in [0.15, 0.2) is 5.65 Å². The Hall–Kier alpha value is -2.70. The highest BCUT2D eigenvalue weighted by atomic mass is 16.1. The van der Waals surface area contributed by atoms with Crippen LogP contribution in [0.1, 0.15) is 47.4 Å². The third-order valence-corrected chi connectivity index (χ3v) is 4.80. The topological polar surface area (TPSA) is 77.1 Å². The first-order chi connectivity index (χ1) is 11.6. The first kappa shape index (κ1) is 14.9. The van der Waals surface area contributed by atoms with Crippen molar-refractivity contribution in [3.63, 3.8) is 0 Å². The first-order valence-electron chi connectivity index (χ1n) is 8.21. The van der Waals surface area contributed by atoms with Crippen molar-refractivity contribution in [1.29, 1.82) is 0 Å². The molecule has 0 spiro atoms. The number of nitrogens with one attached hydrogen (secondary N) is 1. The quantitative estimate of drug-likeness (QED) is 0.800. The third-order valence-electron chi connectivity index (χ3n) is 4.80. The Bertz CT molecular complexity index is 920. The van der Waals surface area contributed by atoms with Crippen molar-refractivity contribution in [3.8, 4) is 0 Å². The number of rotatable bonds is 4. The first-order valence-corrected chi connectivity index (χ1v) is 8.21. The number of anilines is 1. The van der Waals surface area contributed by atoms with Gasteiger partial charge in [-0.3, -0.25) is 4.79 Å². The van der Waals surface area contributed by atoms with E-state index in [-0.39, 0.29) is 5.91 Å². The smallest absolute Gasteiger partial charge is 0.260 e. The Balaban J connectivity index is 1.66. The van der Waals surface area contributed by atoms with Crippen molar-refractivity contribution in [3.05, 3.63) is 41.5 Å². The van der Waals surface area contributed by atoms with Crippen LogP contribution < -0.4 is 5.32 Å². The molecule has 1 atom stereocenters. The second-order valence-corrected chi connectivity index (χ2v) is 6.51. The predicted molar refractivity (Wildman–Crippen MR) is 90.1 cm³/mol. The fourth-order valence-electron chi connectivity index (χ4n) is 3.08. The van der Waals surface area contributed by atoms with E-state index in [0.29, 0.717) is 17.5 Å². The lowest BCUT2D eigenvalue weighted by Crippen LogP contribution is -2.21. The molecular weight excluding hydrogens is 304 g/mol. The fourth-order valence-corrected chi connectivity index (χ4v) is 3.08. The van der Waals surface area contributed by atoms with Crippen LogP contribution in [0.2, 0.25) is 0 Å². The van der Waals surface area contributed by atoms with Gasteiger partial charge in [-0.15, -0.1) is 0 Å². The zero-order chi connectivity index (χ0) is 16.8. The molecule has 1 N–H and O–H groups in total. The van der Waals surface area contributed by atoms with E-state index in [1.54, 1.807) is 23.1 Å². The van der Waals surface area contributed by atoms with Gasteiger partial charge in [0, 0.05) is 17.8 Å². The highest BCUT2D eigenvalue weighted by Gasteiger charge is 2.31. The minimum absolute atomic E-state index is 0.190. The highest BCUT2D eigenvalue weighted by Crippen LogP contribution is 2.40. The number of fused-ring (bicyclic) bond motifs is 1. The van der Waals surface area contributed by atoms with Gasteiger partial charge in [-0.1, -0.05) is 0 Å². The van der Waals surface area contributed by atoms with E-state index in [1.807, 2.05) is 24.6 Å². The molecule has 4 rings (SSSR count). The van der Waals surface area contributed by atoms with Crippen LogP contribution in [-0.2, 0) is 0 Å². The second-order valence-electron chi connectivity index (χ2n) is 6.51. The van der Waals surface area contributed by atoms with Crippen LogP contribution in [0.4, 0.5) is 5.82 Å². The van der Waals surface area contributed by atoms with Gasteiger partial charge in [-0.25, -0.2) is 14.2 Å². The van der Waals surface area contributed by atoms with Crippen LogP contribution in [0.15, 0.2) is 24.7 Å². The van der Waals surface area contributed by atoms with Crippen molar-refractivity contribution in [2.45, 2.75) is 39.7 Å². The van der Waals surface area contributed by atoms with Crippen LogP contribution in [-0.4, -0.2) is 30.3 Å². The van der Waals surface area contributed by atoms with Crippen molar-refractivity contribution in [2.75, 3.05) is 5.32 Å². The summed E-state index contributed by atoms with van der Waals surface area (Å²) in [6.45, 7) is 5.98. The molecule has 7 nitrogen and oxygen atoms in total. The zero-order valence-corrected chi connectivity index (χ0v) is 14.0. The lowest BCUT2D eigenvalue weighted by Gasteiger charge is -2.16. The van der Waals surface area contributed by atoms with Crippen LogP contribution in [0.5, 0.6) is 0 Å². The number of nitrogens with zero attached hydrogens (tertiary/aromatic N) is 5. The summed E-state index contributed by atoms with van der Waals surface area (Å²) < 4.78 is 3.60. The molecule has 3 aromatic heterocycles. The maximum absolute atomic E-state index is 12.8. The SMILES string of the molecule is Cc1cnn([C@@H](C)C2CC2)c1NC(=O)c1cnc2ccnn2c1C. The second kappa shape index (κ2) is 5.43. The fraction of sp³-hybridized carbons (Fsp3) is 0.412. The number of hydrogen-bond acceptors (Lipinski definition) is 4. The van der Waals surface area contributed by atoms with Crippen molar-refractivity contribution in [2.24, 2.45) is 5.92 Å². The van der Waals surface area contributed by atoms with E-state index < -0.39 is 0 Å². The standard InChI is InChI=1S/C17H20N6O/c1-10-8-20-23(11(2)13-4-5-13)16(10)21-17(24)14-9-18-15-6-7-19-22(15)12(14)3/h6-9,11,13H,4-5H2,1-3H3,(H,21,24)/t11-/m0/s1. The average Bonchev–Trinajstić information content (AvgIpc) is 3.20. The maximum Gasteiger partial charge on any atom is 0.260 e. The van der Waals surface area contributed by atoms with E-state index in [2.05, 4.69) is 27.4 Å². The van der Waals surface area contributed by atoms with Crippen molar-refractivity contribution >= 4 is 17.4 Å². The Morgan fingerprint density at radius 3 is 2.83 bits per heavy atom. The average molecular weight is 324 g/mol. The molecule has 0 unspecified atom stereocenters. The molecule has 0 aromatic carbocycles. The summed E-state index contributed by atoms with van der Waals surface area (Å²) in [4.78, 5) is 17.1. The van der Waals surface area contributed by atoms with Gasteiger partial charge in [0.25, 0.3) is 5.91 Å². The molecule has 0 saturated heterocycles. The van der Waals surface area contributed by atoms with Gasteiger partial charge in [-0.2, -0.15) is 10.2 Å². The predicted octanol–water partition coefficient (Wildman–Crippen LogP) is 2.77. The minimum atomic E-state index is -0.190. The van der Waals surface area contributed by atoms with Crippen LogP contribution in [0.3, 0.4) is 0 Å². The Morgan fingerprint density at radius 1 is 1.29 bits per heavy atom. The van der Waals surface area contributed by atoms with E-state index in [1.165, 1.54) is 12.8 Å². The number of aromatic nitrogens is 5. The molecule has 0 aliphatic heterocycles. The molecule has 0 bridgehead atoms. The summed E-state index contributed by atoms with van der Waals surface area (Å²) in [5, 5.41) is 11.7. The summed E-state index contributed by atoms with van der Waals surface area (Å²) in [6.07, 6.45) is 7.53. The Kier molecular flexibility index (Phi) is 3.37. The number of amides is 1. The van der Waals surface area contributed by atoms with Gasteiger partial charge in [-0.05, 0) is 39.5 Å². The monoisotopic (exact) mass is 324 g/mol. The molecule has 3 aromatic rings. The molecular formula is C17H20N6O. The van der Waals surface area contributed by atoms with Gasteiger partial charge in [0.2, 0.25) is 0 Å². The molecule has 124 valence electrons. The number of carbonyl (C=O) groups is 1. The molecule has 7 heteroatoms. The minimum Gasteiger partial charge on any atom is -0.306 e. The molecule has 0 radical (unpaired) electrons. The molecule has 1 amide bonds. The molecule has 1 aliphatic carbocycles. The lowest BCUT2D eigenvalue weighted by atomic mass is 10.2. The van der Waals surface area contributed by atoms with E-state index in [4.69, 9.17) is 0 Å².